The molecule has 2 rings (SSSR count). The van der Waals surface area contributed by atoms with Gasteiger partial charge in [0.05, 0.1) is 11.9 Å². The molecule has 1 fully saturated rings. The smallest absolute Gasteiger partial charge is 0.128 e. The number of hydrogen-bond donors (Lipinski definition) is 1. The minimum atomic E-state index is 0.621. The summed E-state index contributed by atoms with van der Waals surface area (Å²) >= 11 is 0. The van der Waals surface area contributed by atoms with Crippen molar-refractivity contribution in [2.45, 2.75) is 25.8 Å². The molecule has 1 aromatic rings. The van der Waals surface area contributed by atoms with E-state index < -0.39 is 0 Å². The first-order chi connectivity index (χ1) is 6.27. The molecule has 3 heteroatoms. The van der Waals surface area contributed by atoms with Gasteiger partial charge in [0.15, 0.2) is 0 Å². The number of nitrogens with two attached hydrogens (primary N) is 1. The number of hydrogen-bond acceptors (Lipinski definition) is 3. The molecule has 1 aliphatic heterocycles. The highest BCUT2D eigenvalue weighted by Crippen LogP contribution is 2.23. The first-order valence-corrected chi connectivity index (χ1v) is 4.75. The summed E-state index contributed by atoms with van der Waals surface area (Å²) in [5, 5.41) is 0. The summed E-state index contributed by atoms with van der Waals surface area (Å²) in [5.41, 5.74) is 6.31. The lowest BCUT2D eigenvalue weighted by atomic mass is 10.2. The van der Waals surface area contributed by atoms with E-state index in [9.17, 15) is 0 Å². The highest BCUT2D eigenvalue weighted by Gasteiger charge is 2.20. The third-order valence-corrected chi connectivity index (χ3v) is 2.62. The summed E-state index contributed by atoms with van der Waals surface area (Å²) in [7, 11) is 0. The summed E-state index contributed by atoms with van der Waals surface area (Å²) < 4.78 is 0. The predicted molar refractivity (Wildman–Crippen MR) is 54.7 cm³/mol. The van der Waals surface area contributed by atoms with Crippen LogP contribution in [0.1, 0.15) is 19.8 Å². The minimum absolute atomic E-state index is 0.621. The molecule has 1 saturated heterocycles. The van der Waals surface area contributed by atoms with Gasteiger partial charge in [0.25, 0.3) is 0 Å². The van der Waals surface area contributed by atoms with Crippen molar-refractivity contribution in [3.05, 3.63) is 18.3 Å². The van der Waals surface area contributed by atoms with Crippen LogP contribution in [0.4, 0.5) is 11.5 Å². The number of aromatic nitrogens is 1. The Labute approximate surface area is 78.6 Å². The van der Waals surface area contributed by atoms with Gasteiger partial charge < -0.3 is 10.6 Å². The van der Waals surface area contributed by atoms with Gasteiger partial charge in [-0.3, -0.25) is 0 Å². The largest absolute Gasteiger partial charge is 0.397 e. The van der Waals surface area contributed by atoms with E-state index in [1.165, 1.54) is 12.8 Å². The maximum atomic E-state index is 5.58. The maximum absolute atomic E-state index is 5.58. The van der Waals surface area contributed by atoms with Gasteiger partial charge >= 0.3 is 0 Å². The average Bonchev–Trinajstić information content (AvgIpc) is 2.53. The molecular formula is C10H15N3. The lowest BCUT2D eigenvalue weighted by Crippen LogP contribution is -2.26. The highest BCUT2D eigenvalue weighted by atomic mass is 15.2. The number of anilines is 2. The van der Waals surface area contributed by atoms with Gasteiger partial charge in [-0.25, -0.2) is 4.98 Å². The number of pyridine rings is 1. The van der Waals surface area contributed by atoms with Gasteiger partial charge in [0.2, 0.25) is 0 Å². The van der Waals surface area contributed by atoms with Crippen LogP contribution in [0.15, 0.2) is 18.3 Å². The monoisotopic (exact) mass is 177 g/mol. The number of nitrogens with zero attached hydrogens (tertiary/aromatic N) is 2. The van der Waals surface area contributed by atoms with Gasteiger partial charge in [-0.05, 0) is 31.9 Å². The van der Waals surface area contributed by atoms with Crippen molar-refractivity contribution >= 4 is 11.5 Å². The summed E-state index contributed by atoms with van der Waals surface area (Å²) in [6.45, 7) is 3.36. The fourth-order valence-electron chi connectivity index (χ4n) is 1.84. The Morgan fingerprint density at radius 2 is 2.38 bits per heavy atom. The quantitative estimate of drug-likeness (QED) is 0.709. The molecule has 1 aliphatic rings. The normalized spacial score (nSPS) is 22.2. The second kappa shape index (κ2) is 3.24. The Kier molecular flexibility index (Phi) is 2.08. The van der Waals surface area contributed by atoms with Crippen molar-refractivity contribution in [2.24, 2.45) is 0 Å². The topological polar surface area (TPSA) is 42.1 Å². The van der Waals surface area contributed by atoms with Crippen LogP contribution in [0.3, 0.4) is 0 Å². The third kappa shape index (κ3) is 1.59. The number of rotatable bonds is 1. The first kappa shape index (κ1) is 8.35. The SMILES string of the molecule is C[C@H]1CCCN1c1ccc(N)cn1. The lowest BCUT2D eigenvalue weighted by molar-refractivity contribution is 0.727. The average molecular weight is 177 g/mol. The van der Waals surface area contributed by atoms with Gasteiger partial charge in [0.1, 0.15) is 5.82 Å². The van der Waals surface area contributed by atoms with Crippen LogP contribution in [-0.4, -0.2) is 17.6 Å². The van der Waals surface area contributed by atoms with Crippen LogP contribution >= 0.6 is 0 Å². The zero-order chi connectivity index (χ0) is 9.26. The Hall–Kier alpha value is -1.25. The van der Waals surface area contributed by atoms with E-state index in [1.54, 1.807) is 6.20 Å². The Morgan fingerprint density at radius 3 is 2.92 bits per heavy atom. The van der Waals surface area contributed by atoms with Crippen LogP contribution in [0.2, 0.25) is 0 Å². The fraction of sp³-hybridized carbons (Fsp3) is 0.500. The van der Waals surface area contributed by atoms with Crippen LogP contribution < -0.4 is 10.6 Å². The second-order valence-corrected chi connectivity index (χ2v) is 3.63. The zero-order valence-corrected chi connectivity index (χ0v) is 7.90. The molecule has 3 nitrogen and oxygen atoms in total. The van der Waals surface area contributed by atoms with Gasteiger partial charge in [0, 0.05) is 12.6 Å². The van der Waals surface area contributed by atoms with Gasteiger partial charge in [-0.15, -0.1) is 0 Å². The standard InChI is InChI=1S/C10H15N3/c1-8-3-2-6-13(8)10-5-4-9(11)7-12-10/h4-5,7-8H,2-3,6,11H2,1H3/t8-/m0/s1. The molecule has 0 aliphatic carbocycles. The van der Waals surface area contributed by atoms with Crippen molar-refractivity contribution in [2.75, 3.05) is 17.2 Å². The molecule has 13 heavy (non-hydrogen) atoms. The summed E-state index contributed by atoms with van der Waals surface area (Å²) in [5.74, 6) is 1.05. The Bertz CT molecular complexity index is 281. The van der Waals surface area contributed by atoms with Crippen LogP contribution in [0.5, 0.6) is 0 Å². The van der Waals surface area contributed by atoms with Crippen LogP contribution in [-0.2, 0) is 0 Å². The van der Waals surface area contributed by atoms with E-state index in [-0.39, 0.29) is 0 Å². The Balaban J connectivity index is 2.20. The Morgan fingerprint density at radius 1 is 1.54 bits per heavy atom. The summed E-state index contributed by atoms with van der Waals surface area (Å²) in [6, 6.07) is 4.53. The van der Waals surface area contributed by atoms with E-state index in [2.05, 4.69) is 16.8 Å². The molecule has 70 valence electrons. The van der Waals surface area contributed by atoms with E-state index in [0.717, 1.165) is 18.1 Å². The van der Waals surface area contributed by atoms with E-state index in [0.29, 0.717) is 6.04 Å². The highest BCUT2D eigenvalue weighted by molar-refractivity contribution is 5.46. The number of nitrogen functional groups attached to an aromatic ring is 1. The maximum Gasteiger partial charge on any atom is 0.128 e. The minimum Gasteiger partial charge on any atom is -0.397 e. The molecule has 1 atom stereocenters. The first-order valence-electron chi connectivity index (χ1n) is 4.75. The second-order valence-electron chi connectivity index (χ2n) is 3.63. The third-order valence-electron chi connectivity index (χ3n) is 2.62. The van der Waals surface area contributed by atoms with Crippen LogP contribution in [0, 0.1) is 0 Å². The summed E-state index contributed by atoms with van der Waals surface area (Å²) in [6.07, 6.45) is 4.26. The molecule has 0 saturated carbocycles. The predicted octanol–water partition coefficient (Wildman–Crippen LogP) is 1.65. The molecular weight excluding hydrogens is 162 g/mol. The van der Waals surface area contributed by atoms with Crippen molar-refractivity contribution in [1.82, 2.24) is 4.98 Å². The molecule has 0 spiro atoms. The molecule has 0 unspecified atom stereocenters. The van der Waals surface area contributed by atoms with Crippen molar-refractivity contribution < 1.29 is 0 Å². The molecule has 0 amide bonds. The lowest BCUT2D eigenvalue weighted by Gasteiger charge is -2.22. The van der Waals surface area contributed by atoms with Crippen molar-refractivity contribution in [3.63, 3.8) is 0 Å². The van der Waals surface area contributed by atoms with Crippen LogP contribution in [0.25, 0.3) is 0 Å². The van der Waals surface area contributed by atoms with E-state index in [1.807, 2.05) is 12.1 Å². The van der Waals surface area contributed by atoms with Gasteiger partial charge in [-0.2, -0.15) is 0 Å². The molecule has 1 aromatic heterocycles. The van der Waals surface area contributed by atoms with Crippen molar-refractivity contribution in [1.29, 1.82) is 0 Å². The zero-order valence-electron chi connectivity index (χ0n) is 7.90. The molecule has 0 aromatic carbocycles. The van der Waals surface area contributed by atoms with E-state index in [4.69, 9.17) is 5.73 Å². The van der Waals surface area contributed by atoms with Crippen molar-refractivity contribution in [3.8, 4) is 0 Å². The molecule has 2 N–H and O–H groups in total. The molecule has 0 bridgehead atoms. The summed E-state index contributed by atoms with van der Waals surface area (Å²) in [4.78, 5) is 6.64. The molecule has 0 radical (unpaired) electrons. The molecule has 2 heterocycles. The fourth-order valence-corrected chi connectivity index (χ4v) is 1.84. The van der Waals surface area contributed by atoms with E-state index >= 15 is 0 Å². The van der Waals surface area contributed by atoms with Gasteiger partial charge in [-0.1, -0.05) is 0 Å².